The number of benzene rings is 2. The van der Waals surface area contributed by atoms with Gasteiger partial charge in [0.15, 0.2) is 0 Å². The standard InChI is InChI=1S/C28H36N2O3/c1-4-23(30-25-12-8-6-10-22(25)18-32-20-26(30)31)17-27(2,3)29-15-13-28(14-16-29)24-11-7-5-9-21(24)19-33-28/h5-12,23H,4,13-20H2,1-3H3. The third-order valence-corrected chi connectivity index (χ3v) is 8.01. The number of amides is 1. The Morgan fingerprint density at radius 2 is 1.67 bits per heavy atom. The van der Waals surface area contributed by atoms with Crippen LogP contribution in [0.5, 0.6) is 0 Å². The van der Waals surface area contributed by atoms with E-state index in [1.807, 2.05) is 17.0 Å². The van der Waals surface area contributed by atoms with Gasteiger partial charge in [-0.2, -0.15) is 0 Å². The van der Waals surface area contributed by atoms with Crippen LogP contribution in [0.15, 0.2) is 48.5 Å². The topological polar surface area (TPSA) is 42.0 Å². The zero-order chi connectivity index (χ0) is 23.1. The lowest BCUT2D eigenvalue weighted by atomic mass is 9.81. The summed E-state index contributed by atoms with van der Waals surface area (Å²) in [7, 11) is 0. The molecule has 0 N–H and O–H groups in total. The van der Waals surface area contributed by atoms with Gasteiger partial charge >= 0.3 is 0 Å². The van der Waals surface area contributed by atoms with E-state index in [9.17, 15) is 4.79 Å². The molecule has 176 valence electrons. The number of nitrogens with zero attached hydrogens (tertiary/aromatic N) is 2. The van der Waals surface area contributed by atoms with Crippen LogP contribution >= 0.6 is 0 Å². The smallest absolute Gasteiger partial charge is 0.253 e. The summed E-state index contributed by atoms with van der Waals surface area (Å²) in [6.07, 6.45) is 3.87. The summed E-state index contributed by atoms with van der Waals surface area (Å²) in [6, 6.07) is 17.0. The number of carbonyl (C=O) groups excluding carboxylic acids is 1. The van der Waals surface area contributed by atoms with Crippen LogP contribution in [0, 0.1) is 0 Å². The molecule has 1 fully saturated rings. The quantitative estimate of drug-likeness (QED) is 0.644. The molecule has 0 saturated carbocycles. The van der Waals surface area contributed by atoms with Crippen LogP contribution < -0.4 is 4.90 Å². The van der Waals surface area contributed by atoms with Crippen molar-refractivity contribution in [3.8, 4) is 0 Å². The molecule has 2 aromatic carbocycles. The van der Waals surface area contributed by atoms with Crippen molar-refractivity contribution < 1.29 is 14.3 Å². The Balaban J connectivity index is 1.32. The summed E-state index contributed by atoms with van der Waals surface area (Å²) in [5, 5.41) is 0. The second-order valence-corrected chi connectivity index (χ2v) is 10.4. The zero-order valence-corrected chi connectivity index (χ0v) is 20.2. The molecule has 0 bridgehead atoms. The molecule has 0 aromatic heterocycles. The van der Waals surface area contributed by atoms with E-state index in [1.165, 1.54) is 11.1 Å². The fraction of sp³-hybridized carbons (Fsp3) is 0.536. The Kier molecular flexibility index (Phi) is 6.06. The maximum Gasteiger partial charge on any atom is 0.253 e. The predicted molar refractivity (Wildman–Crippen MR) is 130 cm³/mol. The first kappa shape index (κ1) is 22.6. The van der Waals surface area contributed by atoms with Crippen LogP contribution in [0.4, 0.5) is 5.69 Å². The summed E-state index contributed by atoms with van der Waals surface area (Å²) >= 11 is 0. The van der Waals surface area contributed by atoms with Gasteiger partial charge in [-0.3, -0.25) is 9.69 Å². The molecule has 1 unspecified atom stereocenters. The fourth-order valence-corrected chi connectivity index (χ4v) is 6.12. The number of ether oxygens (including phenoxy) is 2. The van der Waals surface area contributed by atoms with Crippen LogP contribution in [0.2, 0.25) is 0 Å². The normalized spacial score (nSPS) is 21.5. The lowest BCUT2D eigenvalue weighted by Crippen LogP contribution is -2.55. The molecule has 3 aliphatic heterocycles. The average Bonchev–Trinajstić information content (AvgIpc) is 3.08. The van der Waals surface area contributed by atoms with Crippen molar-refractivity contribution in [2.75, 3.05) is 24.6 Å². The van der Waals surface area contributed by atoms with E-state index in [0.29, 0.717) is 6.61 Å². The van der Waals surface area contributed by atoms with Crippen molar-refractivity contribution >= 4 is 11.6 Å². The Hall–Kier alpha value is -2.21. The minimum Gasteiger partial charge on any atom is -0.367 e. The second-order valence-electron chi connectivity index (χ2n) is 10.4. The van der Waals surface area contributed by atoms with Crippen molar-refractivity contribution in [1.82, 2.24) is 4.90 Å². The second kappa shape index (κ2) is 8.86. The lowest BCUT2D eigenvalue weighted by molar-refractivity contribution is -0.123. The third-order valence-electron chi connectivity index (χ3n) is 8.01. The van der Waals surface area contributed by atoms with Crippen LogP contribution in [0.1, 0.15) is 63.1 Å². The first-order valence-electron chi connectivity index (χ1n) is 12.4. The highest BCUT2D eigenvalue weighted by Crippen LogP contribution is 2.45. The van der Waals surface area contributed by atoms with Gasteiger partial charge < -0.3 is 14.4 Å². The number of piperidine rings is 1. The van der Waals surface area contributed by atoms with Crippen molar-refractivity contribution in [2.24, 2.45) is 0 Å². The number of fused-ring (bicyclic) bond motifs is 3. The number of hydrogen-bond donors (Lipinski definition) is 0. The largest absolute Gasteiger partial charge is 0.367 e. The molecule has 0 radical (unpaired) electrons. The maximum atomic E-state index is 13.1. The zero-order valence-electron chi connectivity index (χ0n) is 20.2. The molecule has 5 nitrogen and oxygen atoms in total. The van der Waals surface area contributed by atoms with Crippen LogP contribution in [0.25, 0.3) is 0 Å². The van der Waals surface area contributed by atoms with Gasteiger partial charge in [0.05, 0.1) is 18.8 Å². The molecule has 0 aliphatic carbocycles. The lowest BCUT2D eigenvalue weighted by Gasteiger charge is -2.48. The highest BCUT2D eigenvalue weighted by molar-refractivity contribution is 5.96. The van der Waals surface area contributed by atoms with Gasteiger partial charge in [-0.25, -0.2) is 0 Å². The highest BCUT2D eigenvalue weighted by atomic mass is 16.5. The number of anilines is 1. The van der Waals surface area contributed by atoms with Crippen molar-refractivity contribution in [2.45, 2.75) is 76.9 Å². The molecule has 2 aromatic rings. The van der Waals surface area contributed by atoms with E-state index in [2.05, 4.69) is 62.1 Å². The van der Waals surface area contributed by atoms with E-state index in [1.54, 1.807) is 0 Å². The summed E-state index contributed by atoms with van der Waals surface area (Å²) in [5.74, 6) is 0.0659. The van der Waals surface area contributed by atoms with Gasteiger partial charge in [0.25, 0.3) is 5.91 Å². The Morgan fingerprint density at radius 3 is 2.42 bits per heavy atom. The number of hydrogen-bond acceptors (Lipinski definition) is 4. The van der Waals surface area contributed by atoms with Crippen molar-refractivity contribution in [3.05, 3.63) is 65.2 Å². The summed E-state index contributed by atoms with van der Waals surface area (Å²) in [5.41, 5.74) is 4.69. The number of para-hydroxylation sites is 1. The van der Waals surface area contributed by atoms with E-state index in [0.717, 1.165) is 56.6 Å². The maximum absolute atomic E-state index is 13.1. The SMILES string of the molecule is CCC(CC(C)(C)N1CCC2(CC1)OCc1ccccc12)N1C(=O)COCc2ccccc21. The summed E-state index contributed by atoms with van der Waals surface area (Å²) < 4.78 is 12.1. The minimum atomic E-state index is -0.121. The molecule has 3 heterocycles. The van der Waals surface area contributed by atoms with E-state index in [-0.39, 0.29) is 29.7 Å². The first-order chi connectivity index (χ1) is 15.9. The molecule has 1 amide bonds. The molecular weight excluding hydrogens is 412 g/mol. The first-order valence-corrected chi connectivity index (χ1v) is 12.4. The molecule has 3 aliphatic rings. The fourth-order valence-electron chi connectivity index (χ4n) is 6.12. The van der Waals surface area contributed by atoms with E-state index >= 15 is 0 Å². The number of carbonyl (C=O) groups is 1. The minimum absolute atomic E-state index is 0.0250. The van der Waals surface area contributed by atoms with Gasteiger partial charge in [0.1, 0.15) is 6.61 Å². The van der Waals surface area contributed by atoms with Crippen LogP contribution in [0.3, 0.4) is 0 Å². The summed E-state index contributed by atoms with van der Waals surface area (Å²) in [4.78, 5) is 17.7. The van der Waals surface area contributed by atoms with Crippen molar-refractivity contribution in [3.63, 3.8) is 0 Å². The Morgan fingerprint density at radius 1 is 0.970 bits per heavy atom. The van der Waals surface area contributed by atoms with E-state index < -0.39 is 0 Å². The van der Waals surface area contributed by atoms with Crippen LogP contribution in [-0.4, -0.2) is 42.1 Å². The Labute approximate surface area is 197 Å². The molecule has 5 heteroatoms. The van der Waals surface area contributed by atoms with Crippen molar-refractivity contribution in [1.29, 1.82) is 0 Å². The molecule has 1 spiro atoms. The molecule has 1 atom stereocenters. The molecule has 1 saturated heterocycles. The van der Waals surface area contributed by atoms with Gasteiger partial charge in [0.2, 0.25) is 0 Å². The van der Waals surface area contributed by atoms with E-state index in [4.69, 9.17) is 9.47 Å². The molecule has 5 rings (SSSR count). The van der Waals surface area contributed by atoms with Gasteiger partial charge in [0, 0.05) is 35.9 Å². The molecular formula is C28H36N2O3. The predicted octanol–water partition coefficient (Wildman–Crippen LogP) is 5.02. The number of likely N-dealkylation sites (tertiary alicyclic amines) is 1. The summed E-state index contributed by atoms with van der Waals surface area (Å²) in [6.45, 7) is 10.2. The van der Waals surface area contributed by atoms with Gasteiger partial charge in [-0.05, 0) is 56.7 Å². The van der Waals surface area contributed by atoms with Crippen LogP contribution in [-0.2, 0) is 33.1 Å². The Bertz CT molecular complexity index is 1010. The number of rotatable bonds is 5. The van der Waals surface area contributed by atoms with Gasteiger partial charge in [-0.15, -0.1) is 0 Å². The third kappa shape index (κ3) is 4.11. The monoisotopic (exact) mass is 448 g/mol. The van der Waals surface area contributed by atoms with Gasteiger partial charge in [-0.1, -0.05) is 49.4 Å². The average molecular weight is 449 g/mol. The highest BCUT2D eigenvalue weighted by Gasteiger charge is 2.45. The molecule has 33 heavy (non-hydrogen) atoms.